The normalized spacial score (nSPS) is 14.4. The van der Waals surface area contributed by atoms with Crippen LogP contribution in [0.2, 0.25) is 0 Å². The van der Waals surface area contributed by atoms with Crippen LogP contribution in [-0.4, -0.2) is 77.9 Å². The molecule has 0 spiro atoms. The highest BCUT2D eigenvalue weighted by molar-refractivity contribution is 14.0. The molecule has 0 saturated carbocycles. The van der Waals surface area contributed by atoms with Crippen molar-refractivity contribution in [2.45, 2.75) is 12.8 Å². The van der Waals surface area contributed by atoms with Gasteiger partial charge in [-0.3, -0.25) is 9.89 Å². The zero-order valence-corrected chi connectivity index (χ0v) is 22.4. The molecular formula is C25H38IN5O2. The first-order valence-corrected chi connectivity index (χ1v) is 11.4. The molecule has 0 aliphatic carbocycles. The number of rotatable bonds is 10. The molecule has 0 radical (unpaired) electrons. The number of para-hydroxylation sites is 1. The van der Waals surface area contributed by atoms with Gasteiger partial charge in [0.1, 0.15) is 11.5 Å². The van der Waals surface area contributed by atoms with E-state index in [1.165, 1.54) is 11.3 Å². The standard InChI is InChI=1S/C25H37N5O2.HI/c1-26-25(28-15-13-21-7-4-5-8-24(21)32-3)27-14-6-16-29-17-19-30(20-18-29)22-9-11-23(31-2)12-10-22;/h4-5,7-12H,6,13-20H2,1-3H3,(H2,26,27,28);1H. The van der Waals surface area contributed by atoms with Crippen molar-refractivity contribution >= 4 is 35.6 Å². The van der Waals surface area contributed by atoms with E-state index in [0.717, 1.165) is 76.1 Å². The monoisotopic (exact) mass is 567 g/mol. The third kappa shape index (κ3) is 8.58. The summed E-state index contributed by atoms with van der Waals surface area (Å²) in [6.07, 6.45) is 1.99. The third-order valence-corrected chi connectivity index (χ3v) is 5.86. The Hall–Kier alpha value is -2.20. The fourth-order valence-electron chi connectivity index (χ4n) is 3.98. The van der Waals surface area contributed by atoms with Crippen molar-refractivity contribution < 1.29 is 9.47 Å². The SMILES string of the molecule is CN=C(NCCCN1CCN(c2ccc(OC)cc2)CC1)NCCc1ccccc1OC.I. The quantitative estimate of drug-likeness (QED) is 0.199. The molecule has 0 amide bonds. The predicted octanol–water partition coefficient (Wildman–Crippen LogP) is 3.24. The highest BCUT2D eigenvalue weighted by Gasteiger charge is 2.16. The average Bonchev–Trinajstić information content (AvgIpc) is 2.86. The van der Waals surface area contributed by atoms with Crippen LogP contribution in [0.15, 0.2) is 53.5 Å². The number of piperazine rings is 1. The predicted molar refractivity (Wildman–Crippen MR) is 148 cm³/mol. The van der Waals surface area contributed by atoms with Gasteiger partial charge in [0.15, 0.2) is 5.96 Å². The summed E-state index contributed by atoms with van der Waals surface area (Å²) in [7, 11) is 5.23. The van der Waals surface area contributed by atoms with Gasteiger partial charge in [-0.1, -0.05) is 18.2 Å². The molecule has 33 heavy (non-hydrogen) atoms. The topological polar surface area (TPSA) is 61.4 Å². The molecule has 1 heterocycles. The largest absolute Gasteiger partial charge is 0.497 e. The molecule has 1 aliphatic rings. The van der Waals surface area contributed by atoms with Gasteiger partial charge in [0.05, 0.1) is 14.2 Å². The number of anilines is 1. The Morgan fingerprint density at radius 2 is 1.61 bits per heavy atom. The second kappa shape index (κ2) is 14.8. The number of guanidine groups is 1. The third-order valence-electron chi connectivity index (χ3n) is 5.86. The van der Waals surface area contributed by atoms with Crippen LogP contribution in [0.1, 0.15) is 12.0 Å². The Morgan fingerprint density at radius 1 is 0.909 bits per heavy atom. The van der Waals surface area contributed by atoms with Crippen molar-refractivity contribution in [1.29, 1.82) is 0 Å². The average molecular weight is 568 g/mol. The van der Waals surface area contributed by atoms with Crippen LogP contribution in [0.3, 0.4) is 0 Å². The summed E-state index contributed by atoms with van der Waals surface area (Å²) in [5.74, 6) is 2.69. The molecule has 1 aliphatic heterocycles. The molecule has 0 aromatic heterocycles. The van der Waals surface area contributed by atoms with Crippen molar-refractivity contribution in [2.75, 3.05) is 72.0 Å². The minimum Gasteiger partial charge on any atom is -0.497 e. The smallest absolute Gasteiger partial charge is 0.190 e. The summed E-state index contributed by atoms with van der Waals surface area (Å²) in [6, 6.07) is 16.5. The maximum atomic E-state index is 5.42. The van der Waals surface area contributed by atoms with E-state index in [2.05, 4.69) is 43.6 Å². The summed E-state index contributed by atoms with van der Waals surface area (Å²) in [6.45, 7) is 7.13. The minimum atomic E-state index is 0. The highest BCUT2D eigenvalue weighted by Crippen LogP contribution is 2.20. The number of halogens is 1. The van der Waals surface area contributed by atoms with Gasteiger partial charge in [0, 0.05) is 52.0 Å². The lowest BCUT2D eigenvalue weighted by atomic mass is 10.1. The Balaban J connectivity index is 0.00000385. The summed E-state index contributed by atoms with van der Waals surface area (Å²) < 4.78 is 10.7. The fourth-order valence-corrected chi connectivity index (χ4v) is 3.98. The van der Waals surface area contributed by atoms with E-state index in [0.29, 0.717) is 0 Å². The molecule has 2 aromatic rings. The zero-order valence-electron chi connectivity index (χ0n) is 20.0. The van der Waals surface area contributed by atoms with Gasteiger partial charge in [-0.2, -0.15) is 0 Å². The van der Waals surface area contributed by atoms with Crippen LogP contribution in [-0.2, 0) is 6.42 Å². The van der Waals surface area contributed by atoms with Crippen LogP contribution in [0.25, 0.3) is 0 Å². The summed E-state index contributed by atoms with van der Waals surface area (Å²) in [5, 5.41) is 6.82. The van der Waals surface area contributed by atoms with Crippen molar-refractivity contribution in [2.24, 2.45) is 4.99 Å². The maximum Gasteiger partial charge on any atom is 0.190 e. The molecule has 3 rings (SSSR count). The molecule has 2 aromatic carbocycles. The van der Waals surface area contributed by atoms with E-state index in [9.17, 15) is 0 Å². The number of hydrogen-bond donors (Lipinski definition) is 2. The van der Waals surface area contributed by atoms with Gasteiger partial charge in [-0.25, -0.2) is 0 Å². The van der Waals surface area contributed by atoms with Crippen LogP contribution >= 0.6 is 24.0 Å². The first kappa shape index (κ1) is 27.0. The van der Waals surface area contributed by atoms with Crippen molar-refractivity contribution in [1.82, 2.24) is 15.5 Å². The highest BCUT2D eigenvalue weighted by atomic mass is 127. The van der Waals surface area contributed by atoms with Crippen LogP contribution in [0.5, 0.6) is 11.5 Å². The zero-order chi connectivity index (χ0) is 22.6. The van der Waals surface area contributed by atoms with Crippen molar-refractivity contribution in [3.8, 4) is 11.5 Å². The van der Waals surface area contributed by atoms with Gasteiger partial charge in [-0.15, -0.1) is 24.0 Å². The number of aliphatic imine (C=N–C) groups is 1. The lowest BCUT2D eigenvalue weighted by Gasteiger charge is -2.36. The second-order valence-corrected chi connectivity index (χ2v) is 7.87. The van der Waals surface area contributed by atoms with Gasteiger partial charge < -0.3 is 25.0 Å². The number of benzene rings is 2. The van der Waals surface area contributed by atoms with E-state index >= 15 is 0 Å². The second-order valence-electron chi connectivity index (χ2n) is 7.87. The number of hydrogen-bond acceptors (Lipinski definition) is 5. The minimum absolute atomic E-state index is 0. The molecule has 1 fully saturated rings. The fraction of sp³-hybridized carbons (Fsp3) is 0.480. The van der Waals surface area contributed by atoms with Crippen molar-refractivity contribution in [3.05, 3.63) is 54.1 Å². The van der Waals surface area contributed by atoms with Crippen LogP contribution in [0.4, 0.5) is 5.69 Å². The Morgan fingerprint density at radius 3 is 2.27 bits per heavy atom. The van der Waals surface area contributed by atoms with Crippen LogP contribution in [0, 0.1) is 0 Å². The van der Waals surface area contributed by atoms with Gasteiger partial charge in [0.25, 0.3) is 0 Å². The first-order valence-electron chi connectivity index (χ1n) is 11.4. The summed E-state index contributed by atoms with van der Waals surface area (Å²) in [4.78, 5) is 9.32. The molecule has 182 valence electrons. The number of nitrogens with zero attached hydrogens (tertiary/aromatic N) is 3. The molecule has 0 bridgehead atoms. The molecule has 2 N–H and O–H groups in total. The molecular weight excluding hydrogens is 529 g/mol. The first-order chi connectivity index (χ1) is 15.7. The van der Waals surface area contributed by atoms with Gasteiger partial charge >= 0.3 is 0 Å². The lowest BCUT2D eigenvalue weighted by molar-refractivity contribution is 0.255. The van der Waals surface area contributed by atoms with Crippen molar-refractivity contribution in [3.63, 3.8) is 0 Å². The number of ether oxygens (including phenoxy) is 2. The summed E-state index contributed by atoms with van der Waals surface area (Å²) in [5.41, 5.74) is 2.47. The van der Waals surface area contributed by atoms with E-state index in [-0.39, 0.29) is 24.0 Å². The van der Waals surface area contributed by atoms with E-state index < -0.39 is 0 Å². The summed E-state index contributed by atoms with van der Waals surface area (Å²) >= 11 is 0. The van der Waals surface area contributed by atoms with Gasteiger partial charge in [-0.05, 0) is 55.3 Å². The molecule has 7 nitrogen and oxygen atoms in total. The Bertz CT molecular complexity index is 839. The van der Waals surface area contributed by atoms with Gasteiger partial charge in [0.2, 0.25) is 0 Å². The maximum absolute atomic E-state index is 5.42. The number of methoxy groups -OCH3 is 2. The Labute approximate surface area is 215 Å². The molecule has 8 heteroatoms. The van der Waals surface area contributed by atoms with E-state index in [4.69, 9.17) is 9.47 Å². The number of nitrogens with one attached hydrogen (secondary N) is 2. The molecule has 1 saturated heterocycles. The molecule has 0 atom stereocenters. The molecule has 0 unspecified atom stereocenters. The lowest BCUT2D eigenvalue weighted by Crippen LogP contribution is -2.47. The van der Waals surface area contributed by atoms with Crippen LogP contribution < -0.4 is 25.0 Å². The van der Waals surface area contributed by atoms with E-state index in [1.807, 2.05) is 37.4 Å². The van der Waals surface area contributed by atoms with E-state index in [1.54, 1.807) is 14.2 Å². The Kier molecular flexibility index (Phi) is 12.2.